The van der Waals surface area contributed by atoms with Crippen LogP contribution in [0, 0.1) is 10.1 Å². The molecule has 26 heavy (non-hydrogen) atoms. The first-order valence-corrected chi connectivity index (χ1v) is 7.81. The van der Waals surface area contributed by atoms with Crippen molar-refractivity contribution in [1.82, 2.24) is 5.32 Å². The topological polar surface area (TPSA) is 99.9 Å². The molecule has 0 aliphatic heterocycles. The van der Waals surface area contributed by atoms with E-state index in [1.54, 1.807) is 20.3 Å². The highest BCUT2D eigenvalue weighted by molar-refractivity contribution is 5.98. The fourth-order valence-electron chi connectivity index (χ4n) is 2.43. The molecule has 1 N–H and O–H groups in total. The van der Waals surface area contributed by atoms with E-state index in [1.165, 1.54) is 25.3 Å². The number of ether oxygens (including phenoxy) is 3. The van der Waals surface area contributed by atoms with Gasteiger partial charge in [0.2, 0.25) is 0 Å². The summed E-state index contributed by atoms with van der Waals surface area (Å²) in [6.45, 7) is 0.308. The first-order valence-electron chi connectivity index (χ1n) is 7.81. The van der Waals surface area contributed by atoms with Gasteiger partial charge in [-0.15, -0.1) is 0 Å². The zero-order chi connectivity index (χ0) is 19.1. The monoisotopic (exact) mass is 360 g/mol. The van der Waals surface area contributed by atoms with Gasteiger partial charge >= 0.3 is 0 Å². The fourth-order valence-corrected chi connectivity index (χ4v) is 2.43. The minimum atomic E-state index is -0.595. The summed E-state index contributed by atoms with van der Waals surface area (Å²) in [5.74, 6) is 1.06. The molecule has 0 aliphatic rings. The molecule has 8 nitrogen and oxygen atoms in total. The SMILES string of the molecule is COc1ccc([N+](=O)[O-])c(C(=O)NCCc2ccc(OC)c(OC)c2)c1. The summed E-state index contributed by atoms with van der Waals surface area (Å²) in [5.41, 5.74) is 0.624. The number of nitro benzene ring substituents is 1. The van der Waals surface area contributed by atoms with Crippen molar-refractivity contribution in [3.05, 3.63) is 57.6 Å². The molecular weight excluding hydrogens is 340 g/mol. The summed E-state index contributed by atoms with van der Waals surface area (Å²) in [6, 6.07) is 9.51. The molecule has 0 saturated heterocycles. The summed E-state index contributed by atoms with van der Waals surface area (Å²) < 4.78 is 15.5. The zero-order valence-corrected chi connectivity index (χ0v) is 14.8. The number of amides is 1. The Morgan fingerprint density at radius 3 is 2.38 bits per heavy atom. The van der Waals surface area contributed by atoms with Crippen LogP contribution in [-0.4, -0.2) is 38.7 Å². The molecule has 0 atom stereocenters. The lowest BCUT2D eigenvalue weighted by atomic mass is 10.1. The van der Waals surface area contributed by atoms with Crippen molar-refractivity contribution in [2.24, 2.45) is 0 Å². The fraction of sp³-hybridized carbons (Fsp3) is 0.278. The van der Waals surface area contributed by atoms with Crippen molar-refractivity contribution in [3.8, 4) is 17.2 Å². The van der Waals surface area contributed by atoms with Gasteiger partial charge in [-0.3, -0.25) is 14.9 Å². The maximum atomic E-state index is 12.3. The van der Waals surface area contributed by atoms with E-state index in [9.17, 15) is 14.9 Å². The van der Waals surface area contributed by atoms with Crippen LogP contribution in [0.3, 0.4) is 0 Å². The molecule has 0 aliphatic carbocycles. The first-order chi connectivity index (χ1) is 12.5. The second-order valence-electron chi connectivity index (χ2n) is 5.34. The van der Waals surface area contributed by atoms with Gasteiger partial charge in [0.15, 0.2) is 11.5 Å². The van der Waals surface area contributed by atoms with E-state index in [0.717, 1.165) is 5.56 Å². The van der Waals surface area contributed by atoms with Crippen molar-refractivity contribution in [1.29, 1.82) is 0 Å². The van der Waals surface area contributed by atoms with Crippen LogP contribution in [0.4, 0.5) is 5.69 Å². The Morgan fingerprint density at radius 2 is 1.77 bits per heavy atom. The molecule has 2 aromatic carbocycles. The average Bonchev–Trinajstić information content (AvgIpc) is 2.66. The van der Waals surface area contributed by atoms with Crippen LogP contribution in [-0.2, 0) is 6.42 Å². The molecule has 2 aromatic rings. The summed E-state index contributed by atoms with van der Waals surface area (Å²) in [4.78, 5) is 22.9. The van der Waals surface area contributed by atoms with E-state index >= 15 is 0 Å². The molecule has 0 saturated carbocycles. The highest BCUT2D eigenvalue weighted by Gasteiger charge is 2.20. The molecule has 0 heterocycles. The number of nitrogens with zero attached hydrogens (tertiary/aromatic N) is 1. The Balaban J connectivity index is 2.06. The number of hydrogen-bond acceptors (Lipinski definition) is 6. The largest absolute Gasteiger partial charge is 0.497 e. The van der Waals surface area contributed by atoms with E-state index in [4.69, 9.17) is 14.2 Å². The van der Waals surface area contributed by atoms with Gasteiger partial charge in [-0.05, 0) is 36.2 Å². The van der Waals surface area contributed by atoms with Crippen molar-refractivity contribution < 1.29 is 23.9 Å². The lowest BCUT2D eigenvalue weighted by molar-refractivity contribution is -0.385. The van der Waals surface area contributed by atoms with Crippen molar-refractivity contribution in [3.63, 3.8) is 0 Å². The third-order valence-corrected chi connectivity index (χ3v) is 3.79. The first kappa shape index (κ1) is 19.0. The predicted molar refractivity (Wildman–Crippen MR) is 95.2 cm³/mol. The molecule has 0 unspecified atom stereocenters. The third kappa shape index (κ3) is 4.41. The molecule has 0 radical (unpaired) electrons. The van der Waals surface area contributed by atoms with Crippen LogP contribution in [0.1, 0.15) is 15.9 Å². The summed E-state index contributed by atoms with van der Waals surface area (Å²) in [7, 11) is 4.53. The number of carbonyl (C=O) groups excluding carboxylic acids is 1. The molecule has 0 fully saturated rings. The van der Waals surface area contributed by atoms with Gasteiger partial charge in [0, 0.05) is 12.6 Å². The van der Waals surface area contributed by atoms with E-state index in [0.29, 0.717) is 30.2 Å². The van der Waals surface area contributed by atoms with Crippen molar-refractivity contribution in [2.75, 3.05) is 27.9 Å². The Bertz CT molecular complexity index is 806. The molecule has 1 amide bonds. The Morgan fingerprint density at radius 1 is 1.04 bits per heavy atom. The van der Waals surface area contributed by atoms with E-state index < -0.39 is 10.8 Å². The van der Waals surface area contributed by atoms with E-state index in [2.05, 4.69) is 5.32 Å². The van der Waals surface area contributed by atoms with Crippen LogP contribution in [0.5, 0.6) is 17.2 Å². The molecule has 0 spiro atoms. The zero-order valence-electron chi connectivity index (χ0n) is 14.8. The molecule has 0 aromatic heterocycles. The van der Waals surface area contributed by atoms with Crippen LogP contribution >= 0.6 is 0 Å². The summed E-state index contributed by atoms with van der Waals surface area (Å²) >= 11 is 0. The predicted octanol–water partition coefficient (Wildman–Crippen LogP) is 2.59. The molecular formula is C18H20N2O6. The second-order valence-corrected chi connectivity index (χ2v) is 5.34. The number of nitrogens with one attached hydrogen (secondary N) is 1. The van der Waals surface area contributed by atoms with Crippen LogP contribution in [0.25, 0.3) is 0 Å². The van der Waals surface area contributed by atoms with E-state index in [1.807, 2.05) is 12.1 Å². The minimum Gasteiger partial charge on any atom is -0.497 e. The number of benzene rings is 2. The maximum Gasteiger partial charge on any atom is 0.282 e. The highest BCUT2D eigenvalue weighted by Crippen LogP contribution is 2.27. The van der Waals surface area contributed by atoms with Crippen LogP contribution in [0.15, 0.2) is 36.4 Å². The maximum absolute atomic E-state index is 12.3. The van der Waals surface area contributed by atoms with Gasteiger partial charge in [0.25, 0.3) is 11.6 Å². The molecule has 0 bridgehead atoms. The average molecular weight is 360 g/mol. The smallest absolute Gasteiger partial charge is 0.282 e. The molecule has 8 heteroatoms. The van der Waals surface area contributed by atoms with Crippen molar-refractivity contribution in [2.45, 2.75) is 6.42 Å². The summed E-state index contributed by atoms with van der Waals surface area (Å²) in [5, 5.41) is 13.8. The number of rotatable bonds is 8. The number of nitro groups is 1. The normalized spacial score (nSPS) is 10.1. The second kappa shape index (κ2) is 8.70. The Labute approximate surface area is 150 Å². The van der Waals surface area contributed by atoms with Crippen LogP contribution < -0.4 is 19.5 Å². The standard InChI is InChI=1S/C18H20N2O6/c1-24-13-5-6-15(20(22)23)14(11-13)18(21)19-9-8-12-4-7-16(25-2)17(10-12)26-3/h4-7,10-11H,8-9H2,1-3H3,(H,19,21). The van der Waals surface area contributed by atoms with Gasteiger partial charge in [-0.25, -0.2) is 0 Å². The Kier molecular flexibility index (Phi) is 6.37. The summed E-state index contributed by atoms with van der Waals surface area (Å²) in [6.07, 6.45) is 0.532. The number of carbonyl (C=O) groups is 1. The molecule has 138 valence electrons. The number of hydrogen-bond donors (Lipinski definition) is 1. The van der Waals surface area contributed by atoms with Crippen molar-refractivity contribution >= 4 is 11.6 Å². The quantitative estimate of drug-likeness (QED) is 0.574. The lowest BCUT2D eigenvalue weighted by Crippen LogP contribution is -2.26. The molecule has 2 rings (SSSR count). The van der Waals surface area contributed by atoms with E-state index in [-0.39, 0.29) is 11.3 Å². The van der Waals surface area contributed by atoms with Gasteiger partial charge in [-0.2, -0.15) is 0 Å². The van der Waals surface area contributed by atoms with Gasteiger partial charge in [-0.1, -0.05) is 6.07 Å². The Hall–Kier alpha value is -3.29. The van der Waals surface area contributed by atoms with Crippen LogP contribution in [0.2, 0.25) is 0 Å². The van der Waals surface area contributed by atoms with Gasteiger partial charge in [0.05, 0.1) is 26.3 Å². The number of methoxy groups -OCH3 is 3. The lowest BCUT2D eigenvalue weighted by Gasteiger charge is -2.10. The minimum absolute atomic E-state index is 0.0401. The third-order valence-electron chi connectivity index (χ3n) is 3.79. The van der Waals surface area contributed by atoms with Gasteiger partial charge in [0.1, 0.15) is 11.3 Å². The highest BCUT2D eigenvalue weighted by atomic mass is 16.6. The van der Waals surface area contributed by atoms with Gasteiger partial charge < -0.3 is 19.5 Å².